The van der Waals surface area contributed by atoms with Gasteiger partial charge in [0.15, 0.2) is 0 Å². The van der Waals surface area contributed by atoms with Crippen LogP contribution in [-0.2, 0) is 16.2 Å². The van der Waals surface area contributed by atoms with Crippen molar-refractivity contribution in [3.05, 3.63) is 35.9 Å². The van der Waals surface area contributed by atoms with E-state index in [4.69, 9.17) is 4.74 Å². The Hall–Kier alpha value is -1.55. The lowest BCUT2D eigenvalue weighted by atomic mass is 10.2. The highest BCUT2D eigenvalue weighted by Gasteiger charge is 2.05. The minimum atomic E-state index is -0.696. The minimum Gasteiger partial charge on any atom is -0.428 e. The normalized spacial score (nSPS) is 9.93. The summed E-state index contributed by atoms with van der Waals surface area (Å²) in [5.41, 5.74) is 0.934. The monoisotopic (exact) mass is 195 g/mol. The maximum absolute atomic E-state index is 10.9. The fraction of sp³-hybridized carbons (Fsp3) is 0.300. The Kier molecular flexibility index (Phi) is 3.94. The number of ether oxygens (including phenoxy) is 1. The molecule has 1 rings (SSSR count). The molecular weight excluding hydrogens is 182 g/mol. The molecule has 1 aromatic rings. The van der Waals surface area contributed by atoms with Gasteiger partial charge in [-0.25, -0.2) is 4.79 Å². The van der Waals surface area contributed by atoms with Gasteiger partial charge >= 0.3 is 6.16 Å². The van der Waals surface area contributed by atoms with Crippen LogP contribution in [0.4, 0.5) is 4.79 Å². The van der Waals surface area contributed by atoms with Gasteiger partial charge in [-0.15, -0.1) is 5.06 Å². The minimum absolute atomic E-state index is 0.230. The molecule has 4 nitrogen and oxygen atoms in total. The molecule has 0 N–H and O–H groups in total. The second-order valence-corrected chi connectivity index (χ2v) is 2.93. The first-order valence-corrected chi connectivity index (χ1v) is 4.24. The van der Waals surface area contributed by atoms with Crippen LogP contribution in [0.25, 0.3) is 0 Å². The average Bonchev–Trinajstić information content (AvgIpc) is 2.15. The first kappa shape index (κ1) is 10.5. The molecule has 76 valence electrons. The van der Waals surface area contributed by atoms with E-state index >= 15 is 0 Å². The van der Waals surface area contributed by atoms with Crippen LogP contribution in [0.3, 0.4) is 0 Å². The number of hydrogen-bond donors (Lipinski definition) is 0. The van der Waals surface area contributed by atoms with Crippen molar-refractivity contribution in [3.8, 4) is 0 Å². The van der Waals surface area contributed by atoms with Gasteiger partial charge in [-0.05, 0) is 5.56 Å². The summed E-state index contributed by atoms with van der Waals surface area (Å²) < 4.78 is 4.84. The van der Waals surface area contributed by atoms with E-state index in [1.54, 1.807) is 14.1 Å². The molecule has 0 unspecified atom stereocenters. The molecule has 4 heteroatoms. The molecule has 0 aliphatic heterocycles. The van der Waals surface area contributed by atoms with Crippen LogP contribution in [-0.4, -0.2) is 25.3 Å². The van der Waals surface area contributed by atoms with E-state index in [1.165, 1.54) is 5.06 Å². The summed E-state index contributed by atoms with van der Waals surface area (Å²) in [6, 6.07) is 9.43. The Labute approximate surface area is 83.0 Å². The van der Waals surface area contributed by atoms with Gasteiger partial charge in [-0.1, -0.05) is 30.3 Å². The van der Waals surface area contributed by atoms with Crippen LogP contribution in [0.1, 0.15) is 5.56 Å². The quantitative estimate of drug-likeness (QED) is 0.544. The average molecular weight is 195 g/mol. The SMILES string of the molecule is CN(C)OC(=O)OCc1ccccc1. The molecule has 0 spiro atoms. The summed E-state index contributed by atoms with van der Waals surface area (Å²) in [5.74, 6) is 0. The maximum atomic E-state index is 10.9. The van der Waals surface area contributed by atoms with Gasteiger partial charge < -0.3 is 9.57 Å². The van der Waals surface area contributed by atoms with Crippen LogP contribution in [0, 0.1) is 0 Å². The summed E-state index contributed by atoms with van der Waals surface area (Å²) in [5, 5.41) is 1.29. The molecule has 0 aliphatic rings. The van der Waals surface area contributed by atoms with Crippen LogP contribution in [0.15, 0.2) is 30.3 Å². The molecule has 0 bridgehead atoms. The smallest absolute Gasteiger partial charge is 0.428 e. The van der Waals surface area contributed by atoms with Crippen LogP contribution >= 0.6 is 0 Å². The fourth-order valence-corrected chi connectivity index (χ4v) is 0.892. The van der Waals surface area contributed by atoms with E-state index in [-0.39, 0.29) is 6.61 Å². The van der Waals surface area contributed by atoms with Gasteiger partial charge in [-0.2, -0.15) is 0 Å². The third-order valence-corrected chi connectivity index (χ3v) is 1.46. The summed E-state index contributed by atoms with van der Waals surface area (Å²) in [7, 11) is 3.23. The van der Waals surface area contributed by atoms with Crippen LogP contribution < -0.4 is 0 Å². The lowest BCUT2D eigenvalue weighted by Crippen LogP contribution is -2.19. The maximum Gasteiger partial charge on any atom is 0.528 e. The van der Waals surface area contributed by atoms with Crippen molar-refractivity contribution in [1.82, 2.24) is 5.06 Å². The van der Waals surface area contributed by atoms with Crippen molar-refractivity contribution in [3.63, 3.8) is 0 Å². The standard InChI is InChI=1S/C10H13NO3/c1-11(2)14-10(12)13-8-9-6-4-3-5-7-9/h3-7H,8H2,1-2H3. The van der Waals surface area contributed by atoms with E-state index in [0.717, 1.165) is 5.56 Å². The summed E-state index contributed by atoms with van der Waals surface area (Å²) in [6.07, 6.45) is -0.696. The summed E-state index contributed by atoms with van der Waals surface area (Å²) in [6.45, 7) is 0.230. The molecule has 0 atom stereocenters. The Morgan fingerprint density at radius 2 is 1.93 bits per heavy atom. The van der Waals surface area contributed by atoms with Gasteiger partial charge in [0.05, 0.1) is 0 Å². The Bertz CT molecular complexity index is 285. The zero-order valence-corrected chi connectivity index (χ0v) is 8.27. The summed E-state index contributed by atoms with van der Waals surface area (Å²) >= 11 is 0. The highest BCUT2D eigenvalue weighted by molar-refractivity contribution is 5.59. The van der Waals surface area contributed by atoms with Crippen molar-refractivity contribution in [2.24, 2.45) is 0 Å². The second kappa shape index (κ2) is 5.24. The molecule has 0 heterocycles. The van der Waals surface area contributed by atoms with Crippen LogP contribution in [0.2, 0.25) is 0 Å². The topological polar surface area (TPSA) is 38.8 Å². The molecule has 0 aromatic heterocycles. The van der Waals surface area contributed by atoms with E-state index in [9.17, 15) is 4.79 Å². The number of benzene rings is 1. The van der Waals surface area contributed by atoms with E-state index in [1.807, 2.05) is 30.3 Å². The summed E-state index contributed by atoms with van der Waals surface area (Å²) in [4.78, 5) is 15.6. The number of hydrogen-bond acceptors (Lipinski definition) is 4. The molecular formula is C10H13NO3. The molecule has 0 fully saturated rings. The number of rotatable bonds is 3. The van der Waals surface area contributed by atoms with Gasteiger partial charge in [0.2, 0.25) is 0 Å². The largest absolute Gasteiger partial charge is 0.528 e. The number of carbonyl (C=O) groups excluding carboxylic acids is 1. The fourth-order valence-electron chi connectivity index (χ4n) is 0.892. The third kappa shape index (κ3) is 3.91. The molecule has 14 heavy (non-hydrogen) atoms. The number of carbonyl (C=O) groups is 1. The Morgan fingerprint density at radius 1 is 1.29 bits per heavy atom. The Balaban J connectivity index is 2.31. The third-order valence-electron chi connectivity index (χ3n) is 1.46. The predicted octanol–water partition coefficient (Wildman–Crippen LogP) is 1.82. The number of hydroxylamine groups is 2. The number of nitrogens with zero attached hydrogens (tertiary/aromatic N) is 1. The zero-order chi connectivity index (χ0) is 10.4. The lowest BCUT2D eigenvalue weighted by molar-refractivity contribution is -0.0937. The van der Waals surface area contributed by atoms with E-state index in [0.29, 0.717) is 0 Å². The Morgan fingerprint density at radius 3 is 2.50 bits per heavy atom. The first-order valence-electron chi connectivity index (χ1n) is 4.24. The first-order chi connectivity index (χ1) is 6.68. The van der Waals surface area contributed by atoms with Crippen molar-refractivity contribution >= 4 is 6.16 Å². The van der Waals surface area contributed by atoms with Gasteiger partial charge in [0.1, 0.15) is 6.61 Å². The van der Waals surface area contributed by atoms with Gasteiger partial charge in [0, 0.05) is 14.1 Å². The molecule has 0 aliphatic carbocycles. The van der Waals surface area contributed by atoms with E-state index in [2.05, 4.69) is 4.84 Å². The molecule has 0 saturated heterocycles. The zero-order valence-electron chi connectivity index (χ0n) is 8.27. The molecule has 0 amide bonds. The van der Waals surface area contributed by atoms with Crippen molar-refractivity contribution in [2.75, 3.05) is 14.1 Å². The highest BCUT2D eigenvalue weighted by atomic mass is 16.8. The molecule has 1 aromatic carbocycles. The van der Waals surface area contributed by atoms with Crippen molar-refractivity contribution in [2.45, 2.75) is 6.61 Å². The van der Waals surface area contributed by atoms with E-state index < -0.39 is 6.16 Å². The van der Waals surface area contributed by atoms with Gasteiger partial charge in [-0.3, -0.25) is 0 Å². The second-order valence-electron chi connectivity index (χ2n) is 2.93. The highest BCUT2D eigenvalue weighted by Crippen LogP contribution is 2.01. The van der Waals surface area contributed by atoms with Crippen molar-refractivity contribution < 1.29 is 14.4 Å². The molecule has 0 radical (unpaired) electrons. The predicted molar refractivity (Wildman–Crippen MR) is 51.4 cm³/mol. The lowest BCUT2D eigenvalue weighted by Gasteiger charge is -2.09. The van der Waals surface area contributed by atoms with Crippen molar-refractivity contribution in [1.29, 1.82) is 0 Å². The molecule has 0 saturated carbocycles. The van der Waals surface area contributed by atoms with Crippen LogP contribution in [0.5, 0.6) is 0 Å². The van der Waals surface area contributed by atoms with Gasteiger partial charge in [0.25, 0.3) is 0 Å².